The zero-order chi connectivity index (χ0) is 19.3. The summed E-state index contributed by atoms with van der Waals surface area (Å²) in [5.41, 5.74) is 2.98. The summed E-state index contributed by atoms with van der Waals surface area (Å²) in [7, 11) is 0. The van der Waals surface area contributed by atoms with Crippen molar-refractivity contribution in [1.29, 1.82) is 0 Å². The highest BCUT2D eigenvalue weighted by atomic mass is 16.3. The van der Waals surface area contributed by atoms with Gasteiger partial charge in [-0.15, -0.1) is 0 Å². The van der Waals surface area contributed by atoms with E-state index < -0.39 is 0 Å². The highest BCUT2D eigenvalue weighted by molar-refractivity contribution is 5.76. The highest BCUT2D eigenvalue weighted by Crippen LogP contribution is 2.33. The molecule has 1 aromatic heterocycles. The van der Waals surface area contributed by atoms with Crippen molar-refractivity contribution in [2.24, 2.45) is 5.92 Å². The molecular weight excluding hydrogens is 350 g/mol. The van der Waals surface area contributed by atoms with E-state index in [2.05, 4.69) is 39.6 Å². The monoisotopic (exact) mass is 375 g/mol. The van der Waals surface area contributed by atoms with Crippen molar-refractivity contribution in [2.45, 2.75) is 37.3 Å². The second-order valence-corrected chi connectivity index (χ2v) is 7.65. The number of nitrogens with one attached hydrogen (secondary N) is 2. The van der Waals surface area contributed by atoms with Crippen LogP contribution in [0.1, 0.15) is 41.9 Å². The van der Waals surface area contributed by atoms with Gasteiger partial charge in [-0.05, 0) is 48.6 Å². The minimum absolute atomic E-state index is 0.0256. The number of nitrogens with zero attached hydrogens (tertiary/aromatic N) is 1. The lowest BCUT2D eigenvalue weighted by atomic mass is 9.77. The lowest BCUT2D eigenvalue weighted by Crippen LogP contribution is -2.64. The van der Waals surface area contributed by atoms with Crippen LogP contribution < -0.4 is 10.6 Å². The Kier molecular flexibility index (Phi) is 5.70. The second kappa shape index (κ2) is 8.55. The van der Waals surface area contributed by atoms with Crippen LogP contribution in [0.3, 0.4) is 0 Å². The number of amides is 1. The summed E-state index contributed by atoms with van der Waals surface area (Å²) in [5, 5.41) is 16.0. The number of aliphatic hydroxyl groups excluding tert-OH is 1. The molecule has 0 spiro atoms. The number of aliphatic hydroxyl groups is 1. The summed E-state index contributed by atoms with van der Waals surface area (Å²) in [4.78, 5) is 16.0. The SMILES string of the molecule is O=C(CC1CC1)NC[C@H]1N[C@H](CO)[C@@H]1c1ccc(C#Cc2cccnc2)cc1. The first-order valence-corrected chi connectivity index (χ1v) is 9.88. The third kappa shape index (κ3) is 4.59. The average molecular weight is 375 g/mol. The quantitative estimate of drug-likeness (QED) is 0.674. The maximum absolute atomic E-state index is 12.0. The van der Waals surface area contributed by atoms with Crippen molar-refractivity contribution in [1.82, 2.24) is 15.6 Å². The first kappa shape index (κ1) is 18.7. The molecular formula is C23H25N3O2. The first-order valence-electron chi connectivity index (χ1n) is 9.88. The minimum Gasteiger partial charge on any atom is -0.395 e. The second-order valence-electron chi connectivity index (χ2n) is 7.65. The average Bonchev–Trinajstić information content (AvgIpc) is 3.51. The molecule has 5 nitrogen and oxygen atoms in total. The summed E-state index contributed by atoms with van der Waals surface area (Å²) in [6.45, 7) is 0.676. The number of hydrogen-bond donors (Lipinski definition) is 3. The van der Waals surface area contributed by atoms with Gasteiger partial charge in [-0.1, -0.05) is 24.0 Å². The largest absolute Gasteiger partial charge is 0.395 e. The Morgan fingerprint density at radius 1 is 1.14 bits per heavy atom. The fourth-order valence-corrected chi connectivity index (χ4v) is 3.71. The molecule has 1 aliphatic heterocycles. The Morgan fingerprint density at radius 2 is 1.93 bits per heavy atom. The van der Waals surface area contributed by atoms with Crippen LogP contribution in [0.4, 0.5) is 0 Å². The molecule has 2 aromatic rings. The Balaban J connectivity index is 1.38. The maximum Gasteiger partial charge on any atom is 0.220 e. The van der Waals surface area contributed by atoms with Crippen LogP contribution in [-0.4, -0.2) is 41.2 Å². The molecule has 4 rings (SSSR count). The van der Waals surface area contributed by atoms with Crippen LogP contribution >= 0.6 is 0 Å². The van der Waals surface area contributed by atoms with Crippen molar-refractivity contribution in [3.8, 4) is 11.8 Å². The molecule has 1 amide bonds. The molecule has 3 atom stereocenters. The van der Waals surface area contributed by atoms with E-state index in [9.17, 15) is 9.90 Å². The number of rotatable bonds is 6. The predicted molar refractivity (Wildman–Crippen MR) is 108 cm³/mol. The fraction of sp³-hybridized carbons (Fsp3) is 0.391. The lowest BCUT2D eigenvalue weighted by Gasteiger charge is -2.46. The normalized spacial score (nSPS) is 23.2. The smallest absolute Gasteiger partial charge is 0.220 e. The molecule has 0 unspecified atom stereocenters. The molecule has 1 saturated carbocycles. The molecule has 5 heteroatoms. The van der Waals surface area contributed by atoms with Gasteiger partial charge in [-0.25, -0.2) is 0 Å². The summed E-state index contributed by atoms with van der Waals surface area (Å²) in [6, 6.07) is 12.1. The van der Waals surface area contributed by atoms with E-state index in [1.807, 2.05) is 24.3 Å². The van der Waals surface area contributed by atoms with Crippen LogP contribution in [0.5, 0.6) is 0 Å². The molecule has 1 aromatic carbocycles. The molecule has 0 bridgehead atoms. The lowest BCUT2D eigenvalue weighted by molar-refractivity contribution is -0.121. The summed E-state index contributed by atoms with van der Waals surface area (Å²) in [6.07, 6.45) is 6.48. The van der Waals surface area contributed by atoms with E-state index in [0.717, 1.165) is 16.7 Å². The minimum atomic E-state index is 0.0256. The van der Waals surface area contributed by atoms with Gasteiger partial charge in [0.15, 0.2) is 0 Å². The van der Waals surface area contributed by atoms with Crippen molar-refractivity contribution in [3.63, 3.8) is 0 Å². The molecule has 3 N–H and O–H groups in total. The van der Waals surface area contributed by atoms with Gasteiger partial charge in [-0.3, -0.25) is 9.78 Å². The zero-order valence-corrected chi connectivity index (χ0v) is 15.8. The third-order valence-corrected chi connectivity index (χ3v) is 5.49. The molecule has 1 aliphatic carbocycles. The zero-order valence-electron chi connectivity index (χ0n) is 15.8. The number of benzene rings is 1. The van der Waals surface area contributed by atoms with E-state index >= 15 is 0 Å². The molecule has 144 valence electrons. The van der Waals surface area contributed by atoms with E-state index in [1.165, 1.54) is 12.8 Å². The third-order valence-electron chi connectivity index (χ3n) is 5.49. The molecule has 2 heterocycles. The van der Waals surface area contributed by atoms with E-state index in [4.69, 9.17) is 0 Å². The number of pyridine rings is 1. The van der Waals surface area contributed by atoms with E-state index in [0.29, 0.717) is 18.9 Å². The topological polar surface area (TPSA) is 74.2 Å². The number of carbonyl (C=O) groups is 1. The van der Waals surface area contributed by atoms with Crippen LogP contribution in [0.2, 0.25) is 0 Å². The van der Waals surface area contributed by atoms with Crippen LogP contribution in [0, 0.1) is 17.8 Å². The van der Waals surface area contributed by atoms with Gasteiger partial charge in [0.1, 0.15) is 0 Å². The molecule has 2 fully saturated rings. The Bertz CT molecular complexity index is 866. The van der Waals surface area contributed by atoms with Crippen LogP contribution in [-0.2, 0) is 4.79 Å². The maximum atomic E-state index is 12.0. The highest BCUT2D eigenvalue weighted by Gasteiger charge is 2.40. The molecule has 0 radical (unpaired) electrons. The number of aromatic nitrogens is 1. The standard InChI is InChI=1S/C23H25N3O2/c27-15-21-23(20(26-21)14-25-22(28)12-17-4-5-17)19-9-7-16(8-10-19)3-6-18-2-1-11-24-13-18/h1-2,7-11,13,17,20-21,23,26-27H,4-5,12,14-15H2,(H,25,28)/t20-,21-,23-/m1/s1. The van der Waals surface area contributed by atoms with Crippen molar-refractivity contribution < 1.29 is 9.90 Å². The van der Waals surface area contributed by atoms with Gasteiger partial charge < -0.3 is 15.7 Å². The summed E-state index contributed by atoms with van der Waals surface area (Å²) < 4.78 is 0. The van der Waals surface area contributed by atoms with Gasteiger partial charge >= 0.3 is 0 Å². The van der Waals surface area contributed by atoms with E-state index in [-0.39, 0.29) is 30.5 Å². The molecule has 28 heavy (non-hydrogen) atoms. The Morgan fingerprint density at radius 3 is 2.61 bits per heavy atom. The van der Waals surface area contributed by atoms with Gasteiger partial charge in [-0.2, -0.15) is 0 Å². The number of carbonyl (C=O) groups excluding carboxylic acids is 1. The first-order chi connectivity index (χ1) is 13.7. The fourth-order valence-electron chi connectivity index (χ4n) is 3.71. The van der Waals surface area contributed by atoms with Crippen LogP contribution in [0.25, 0.3) is 0 Å². The van der Waals surface area contributed by atoms with Gasteiger partial charge in [0.2, 0.25) is 5.91 Å². The number of hydrogen-bond acceptors (Lipinski definition) is 4. The summed E-state index contributed by atoms with van der Waals surface area (Å²) >= 11 is 0. The molecule has 2 aliphatic rings. The van der Waals surface area contributed by atoms with Crippen molar-refractivity contribution in [3.05, 3.63) is 65.5 Å². The Hall–Kier alpha value is -2.68. The van der Waals surface area contributed by atoms with Gasteiger partial charge in [0.25, 0.3) is 0 Å². The van der Waals surface area contributed by atoms with Gasteiger partial charge in [0, 0.05) is 54.5 Å². The Labute approximate surface area is 165 Å². The van der Waals surface area contributed by atoms with Crippen molar-refractivity contribution in [2.75, 3.05) is 13.2 Å². The molecule has 1 saturated heterocycles. The predicted octanol–water partition coefficient (Wildman–Crippen LogP) is 1.81. The van der Waals surface area contributed by atoms with Crippen molar-refractivity contribution >= 4 is 5.91 Å². The van der Waals surface area contributed by atoms with Crippen LogP contribution in [0.15, 0.2) is 48.8 Å². The summed E-state index contributed by atoms with van der Waals surface area (Å²) in [5.74, 6) is 7.17. The van der Waals surface area contributed by atoms with Gasteiger partial charge in [0.05, 0.1) is 6.61 Å². The van der Waals surface area contributed by atoms with E-state index in [1.54, 1.807) is 12.4 Å².